The number of aromatic carboxylic acids is 1. The molecule has 2 aromatic carbocycles. The second-order valence-corrected chi connectivity index (χ2v) is 4.88. The zero-order valence-electron chi connectivity index (χ0n) is 13.3. The van der Waals surface area contributed by atoms with Crippen LogP contribution in [0, 0.1) is 0 Å². The summed E-state index contributed by atoms with van der Waals surface area (Å²) in [5, 5.41) is 14.2. The Morgan fingerprint density at radius 3 is 2.25 bits per heavy atom. The van der Waals surface area contributed by atoms with Crippen LogP contribution in [-0.4, -0.2) is 31.3 Å². The Morgan fingerprint density at radius 2 is 1.67 bits per heavy atom. The monoisotopic (exact) mass is 330 g/mol. The van der Waals surface area contributed by atoms with Crippen molar-refractivity contribution in [2.24, 2.45) is 0 Å². The van der Waals surface area contributed by atoms with Gasteiger partial charge in [-0.15, -0.1) is 0 Å². The van der Waals surface area contributed by atoms with Gasteiger partial charge in [-0.05, 0) is 42.0 Å². The molecule has 0 unspecified atom stereocenters. The second-order valence-electron chi connectivity index (χ2n) is 4.88. The second kappa shape index (κ2) is 7.87. The first-order valence-electron chi connectivity index (χ1n) is 7.12. The summed E-state index contributed by atoms with van der Waals surface area (Å²) in [7, 11) is 3.10. The fourth-order valence-corrected chi connectivity index (χ4v) is 2.04. The molecule has 0 spiro atoms. The van der Waals surface area contributed by atoms with E-state index in [0.717, 1.165) is 5.56 Å². The van der Waals surface area contributed by atoms with Crippen LogP contribution >= 0.6 is 0 Å². The topological polar surface area (TPSA) is 96.9 Å². The van der Waals surface area contributed by atoms with Crippen LogP contribution in [-0.2, 0) is 6.54 Å². The Kier molecular flexibility index (Phi) is 5.62. The fourth-order valence-electron chi connectivity index (χ4n) is 2.04. The van der Waals surface area contributed by atoms with Crippen molar-refractivity contribution in [3.8, 4) is 11.5 Å². The molecule has 0 atom stereocenters. The van der Waals surface area contributed by atoms with Crippen molar-refractivity contribution < 1.29 is 24.2 Å². The molecule has 0 aliphatic rings. The van der Waals surface area contributed by atoms with Gasteiger partial charge in [0, 0.05) is 12.2 Å². The number of carbonyl (C=O) groups excluding carboxylic acids is 1. The van der Waals surface area contributed by atoms with Gasteiger partial charge in [-0.1, -0.05) is 6.07 Å². The van der Waals surface area contributed by atoms with Crippen molar-refractivity contribution >= 4 is 17.7 Å². The molecule has 24 heavy (non-hydrogen) atoms. The lowest BCUT2D eigenvalue weighted by molar-refractivity contribution is 0.0697. The molecule has 2 aromatic rings. The number of methoxy groups -OCH3 is 2. The summed E-state index contributed by atoms with van der Waals surface area (Å²) in [6.45, 7) is 0.305. The highest BCUT2D eigenvalue weighted by atomic mass is 16.5. The lowest BCUT2D eigenvalue weighted by atomic mass is 10.2. The van der Waals surface area contributed by atoms with E-state index < -0.39 is 12.0 Å². The minimum absolute atomic E-state index is 0.159. The number of hydrogen-bond donors (Lipinski definition) is 3. The van der Waals surface area contributed by atoms with E-state index in [9.17, 15) is 9.59 Å². The van der Waals surface area contributed by atoms with Gasteiger partial charge in [-0.3, -0.25) is 0 Å². The summed E-state index contributed by atoms with van der Waals surface area (Å²) in [5.41, 5.74) is 1.51. The number of urea groups is 1. The van der Waals surface area contributed by atoms with Gasteiger partial charge in [-0.25, -0.2) is 9.59 Å². The largest absolute Gasteiger partial charge is 0.493 e. The first kappa shape index (κ1) is 17.1. The molecule has 0 saturated heterocycles. The molecule has 0 heterocycles. The Balaban J connectivity index is 1.92. The highest BCUT2D eigenvalue weighted by Crippen LogP contribution is 2.27. The predicted molar refractivity (Wildman–Crippen MR) is 88.8 cm³/mol. The van der Waals surface area contributed by atoms with E-state index in [1.54, 1.807) is 26.4 Å². The summed E-state index contributed by atoms with van der Waals surface area (Å²) in [6.07, 6.45) is 0. The molecule has 2 amide bonds. The van der Waals surface area contributed by atoms with Gasteiger partial charge >= 0.3 is 12.0 Å². The van der Waals surface area contributed by atoms with Crippen LogP contribution in [0.3, 0.4) is 0 Å². The fraction of sp³-hybridized carbons (Fsp3) is 0.176. The zero-order chi connectivity index (χ0) is 17.5. The number of carboxylic acid groups (broad SMARTS) is 1. The highest BCUT2D eigenvalue weighted by molar-refractivity contribution is 5.91. The van der Waals surface area contributed by atoms with E-state index in [0.29, 0.717) is 23.7 Å². The maximum Gasteiger partial charge on any atom is 0.335 e. The Labute approximate surface area is 139 Å². The smallest absolute Gasteiger partial charge is 0.335 e. The number of amides is 2. The summed E-state index contributed by atoms with van der Waals surface area (Å²) in [4.78, 5) is 22.7. The predicted octanol–water partition coefficient (Wildman–Crippen LogP) is 2.72. The maximum absolute atomic E-state index is 11.9. The number of rotatable bonds is 6. The molecule has 0 aromatic heterocycles. The van der Waals surface area contributed by atoms with E-state index in [-0.39, 0.29) is 5.56 Å². The van der Waals surface area contributed by atoms with Crippen molar-refractivity contribution in [2.75, 3.05) is 19.5 Å². The number of hydrogen-bond acceptors (Lipinski definition) is 4. The number of carboxylic acids is 1. The molecule has 126 valence electrons. The number of anilines is 1. The summed E-state index contributed by atoms with van der Waals surface area (Å²) >= 11 is 0. The van der Waals surface area contributed by atoms with E-state index in [1.807, 2.05) is 6.07 Å². The van der Waals surface area contributed by atoms with Crippen LogP contribution in [0.25, 0.3) is 0 Å². The van der Waals surface area contributed by atoms with Crippen molar-refractivity contribution in [1.29, 1.82) is 0 Å². The molecule has 0 fully saturated rings. The van der Waals surface area contributed by atoms with E-state index in [1.165, 1.54) is 24.3 Å². The minimum Gasteiger partial charge on any atom is -0.493 e. The number of ether oxygens (including phenoxy) is 2. The molecule has 0 aliphatic carbocycles. The van der Waals surface area contributed by atoms with Crippen LogP contribution in [0.15, 0.2) is 42.5 Å². The standard InChI is InChI=1S/C17H18N2O5/c1-23-14-8-3-11(9-15(14)24-2)10-18-17(22)19-13-6-4-12(5-7-13)16(20)21/h3-9H,10H2,1-2H3,(H,20,21)(H2,18,19,22). The third-order valence-corrected chi connectivity index (χ3v) is 3.29. The Bertz CT molecular complexity index is 728. The van der Waals surface area contributed by atoms with E-state index >= 15 is 0 Å². The van der Waals surface area contributed by atoms with Gasteiger partial charge in [0.2, 0.25) is 0 Å². The van der Waals surface area contributed by atoms with Crippen molar-refractivity contribution in [1.82, 2.24) is 5.32 Å². The molecule has 0 aliphatic heterocycles. The average molecular weight is 330 g/mol. The normalized spacial score (nSPS) is 9.92. The van der Waals surface area contributed by atoms with Crippen molar-refractivity contribution in [3.05, 3.63) is 53.6 Å². The molecular formula is C17H18N2O5. The van der Waals surface area contributed by atoms with Crippen LogP contribution < -0.4 is 20.1 Å². The van der Waals surface area contributed by atoms with E-state index in [2.05, 4.69) is 10.6 Å². The van der Waals surface area contributed by atoms with Crippen molar-refractivity contribution in [2.45, 2.75) is 6.54 Å². The maximum atomic E-state index is 11.9. The van der Waals surface area contributed by atoms with Crippen molar-refractivity contribution in [3.63, 3.8) is 0 Å². The van der Waals surface area contributed by atoms with Crippen LogP contribution in [0.1, 0.15) is 15.9 Å². The van der Waals surface area contributed by atoms with Gasteiger partial charge in [-0.2, -0.15) is 0 Å². The first-order valence-corrected chi connectivity index (χ1v) is 7.12. The zero-order valence-corrected chi connectivity index (χ0v) is 13.3. The van der Waals surface area contributed by atoms with Gasteiger partial charge in [0.05, 0.1) is 19.8 Å². The first-order chi connectivity index (χ1) is 11.5. The molecule has 7 heteroatoms. The van der Waals surface area contributed by atoms with Gasteiger partial charge in [0.25, 0.3) is 0 Å². The lowest BCUT2D eigenvalue weighted by Gasteiger charge is -2.11. The summed E-state index contributed by atoms with van der Waals surface area (Å²) < 4.78 is 10.4. The molecule has 0 radical (unpaired) electrons. The number of carbonyl (C=O) groups is 2. The summed E-state index contributed by atoms with van der Waals surface area (Å²) in [6, 6.07) is 10.9. The number of nitrogens with one attached hydrogen (secondary N) is 2. The van der Waals surface area contributed by atoms with Gasteiger partial charge < -0.3 is 25.2 Å². The van der Waals surface area contributed by atoms with Crippen LogP contribution in [0.5, 0.6) is 11.5 Å². The molecular weight excluding hydrogens is 312 g/mol. The quantitative estimate of drug-likeness (QED) is 0.757. The molecule has 0 bridgehead atoms. The summed E-state index contributed by atoms with van der Waals surface area (Å²) in [5.74, 6) is 0.185. The highest BCUT2D eigenvalue weighted by Gasteiger charge is 2.07. The Hall–Kier alpha value is -3.22. The molecule has 3 N–H and O–H groups in total. The molecule has 7 nitrogen and oxygen atoms in total. The molecule has 2 rings (SSSR count). The lowest BCUT2D eigenvalue weighted by Crippen LogP contribution is -2.28. The van der Waals surface area contributed by atoms with Crippen LogP contribution in [0.2, 0.25) is 0 Å². The Morgan fingerprint density at radius 1 is 1.00 bits per heavy atom. The van der Waals surface area contributed by atoms with Crippen LogP contribution in [0.4, 0.5) is 10.5 Å². The third-order valence-electron chi connectivity index (χ3n) is 3.29. The third kappa shape index (κ3) is 4.39. The van der Waals surface area contributed by atoms with Gasteiger partial charge in [0.15, 0.2) is 11.5 Å². The van der Waals surface area contributed by atoms with E-state index in [4.69, 9.17) is 14.6 Å². The number of benzene rings is 2. The average Bonchev–Trinajstić information content (AvgIpc) is 2.60. The SMILES string of the molecule is COc1ccc(CNC(=O)Nc2ccc(C(=O)O)cc2)cc1OC. The van der Waals surface area contributed by atoms with Gasteiger partial charge in [0.1, 0.15) is 0 Å². The molecule has 0 saturated carbocycles. The minimum atomic E-state index is -1.01.